The molecule has 1 aromatic rings. The van der Waals surface area contributed by atoms with Crippen LogP contribution >= 0.6 is 11.6 Å². The molecular weight excluding hydrogens is 396 g/mol. The van der Waals surface area contributed by atoms with Crippen LogP contribution in [0.25, 0.3) is 0 Å². The van der Waals surface area contributed by atoms with Crippen LogP contribution in [0.1, 0.15) is 38.3 Å². The fourth-order valence-corrected chi connectivity index (χ4v) is 3.78. The fraction of sp³-hybridized carbons (Fsp3) is 0.333. The zero-order valence-electron chi connectivity index (χ0n) is 18.0. The van der Waals surface area contributed by atoms with Crippen LogP contribution in [0.4, 0.5) is 0 Å². The quantitative estimate of drug-likeness (QED) is 0.272. The lowest BCUT2D eigenvalue weighted by Crippen LogP contribution is -2.26. The van der Waals surface area contributed by atoms with Crippen molar-refractivity contribution in [2.24, 2.45) is 0 Å². The average molecular weight is 425 g/mol. The van der Waals surface area contributed by atoms with Gasteiger partial charge in [-0.15, -0.1) is 0 Å². The van der Waals surface area contributed by atoms with Crippen LogP contribution in [0, 0.1) is 5.41 Å². The van der Waals surface area contributed by atoms with Crippen molar-refractivity contribution < 1.29 is 4.79 Å². The number of nitrogens with zero attached hydrogens (tertiary/aromatic N) is 2. The van der Waals surface area contributed by atoms with Gasteiger partial charge in [-0.05, 0) is 56.0 Å². The summed E-state index contributed by atoms with van der Waals surface area (Å²) < 4.78 is 0. The Hall–Kier alpha value is -2.79. The fourth-order valence-electron chi connectivity index (χ4n) is 3.65. The predicted octanol–water partition coefficient (Wildman–Crippen LogP) is 4.80. The van der Waals surface area contributed by atoms with E-state index >= 15 is 0 Å². The molecule has 1 aliphatic heterocycles. The maximum absolute atomic E-state index is 11.4. The van der Waals surface area contributed by atoms with Gasteiger partial charge in [-0.1, -0.05) is 30.3 Å². The molecule has 1 saturated carbocycles. The van der Waals surface area contributed by atoms with Crippen molar-refractivity contribution in [3.63, 3.8) is 0 Å². The molecule has 2 N–H and O–H groups in total. The van der Waals surface area contributed by atoms with Crippen LogP contribution in [-0.4, -0.2) is 41.9 Å². The molecule has 6 heteroatoms. The van der Waals surface area contributed by atoms with E-state index in [1.807, 2.05) is 62.5 Å². The smallest absolute Gasteiger partial charge is 0.145 e. The molecule has 1 atom stereocenters. The van der Waals surface area contributed by atoms with Crippen molar-refractivity contribution >= 4 is 23.6 Å². The summed E-state index contributed by atoms with van der Waals surface area (Å²) in [6, 6.07) is 7.88. The first-order chi connectivity index (χ1) is 14.2. The molecule has 0 aromatic heterocycles. The zero-order valence-corrected chi connectivity index (χ0v) is 18.8. The molecule has 0 amide bonds. The Balaban J connectivity index is 2.20. The molecular formula is C24H29ClN4O. The molecule has 3 rings (SSSR count). The van der Waals surface area contributed by atoms with Gasteiger partial charge in [-0.2, -0.15) is 0 Å². The largest absolute Gasteiger partial charge is 0.382 e. The first-order valence-electron chi connectivity index (χ1n) is 10.0. The lowest BCUT2D eigenvalue weighted by Gasteiger charge is -2.31. The van der Waals surface area contributed by atoms with Crippen LogP contribution in [-0.2, 0) is 4.79 Å². The van der Waals surface area contributed by atoms with Crippen molar-refractivity contribution in [3.8, 4) is 0 Å². The second-order valence-corrected chi connectivity index (χ2v) is 8.56. The summed E-state index contributed by atoms with van der Waals surface area (Å²) in [6.45, 7) is 7.99. The Morgan fingerprint density at radius 3 is 2.40 bits per heavy atom. The molecule has 0 spiro atoms. The lowest BCUT2D eigenvalue weighted by atomic mass is 9.95. The molecule has 1 fully saturated rings. The number of carbonyl (C=O) groups excluding carboxylic acids is 1. The van der Waals surface area contributed by atoms with E-state index in [-0.39, 0.29) is 6.04 Å². The number of benzene rings is 1. The van der Waals surface area contributed by atoms with Gasteiger partial charge in [0, 0.05) is 42.6 Å². The molecule has 1 unspecified atom stereocenters. The second kappa shape index (κ2) is 8.92. The molecule has 30 heavy (non-hydrogen) atoms. The Bertz CT molecular complexity index is 952. The minimum absolute atomic E-state index is 0.240. The van der Waals surface area contributed by atoms with Gasteiger partial charge in [-0.3, -0.25) is 4.79 Å². The van der Waals surface area contributed by atoms with E-state index in [4.69, 9.17) is 17.0 Å². The van der Waals surface area contributed by atoms with E-state index in [2.05, 4.69) is 16.8 Å². The summed E-state index contributed by atoms with van der Waals surface area (Å²) in [6.07, 6.45) is 6.92. The first kappa shape index (κ1) is 21.9. The van der Waals surface area contributed by atoms with Crippen molar-refractivity contribution in [1.82, 2.24) is 15.1 Å². The van der Waals surface area contributed by atoms with Crippen molar-refractivity contribution in [2.45, 2.75) is 38.8 Å². The maximum Gasteiger partial charge on any atom is 0.145 e. The van der Waals surface area contributed by atoms with Crippen molar-refractivity contribution in [1.29, 1.82) is 5.41 Å². The average Bonchev–Trinajstić information content (AvgIpc) is 3.45. The number of hydrogen-bond donors (Lipinski definition) is 2. The number of allylic oxidation sites excluding steroid dienone is 2. The van der Waals surface area contributed by atoms with E-state index in [1.54, 1.807) is 6.92 Å². The number of aldehydes is 1. The van der Waals surface area contributed by atoms with E-state index in [0.717, 1.165) is 47.4 Å². The van der Waals surface area contributed by atoms with Crippen LogP contribution in [0.2, 0.25) is 5.02 Å². The molecule has 158 valence electrons. The minimum Gasteiger partial charge on any atom is -0.382 e. The zero-order chi connectivity index (χ0) is 22.0. The summed E-state index contributed by atoms with van der Waals surface area (Å²) >= 11 is 6.14. The third-order valence-electron chi connectivity index (χ3n) is 5.13. The molecule has 1 heterocycles. The topological polar surface area (TPSA) is 59.4 Å². The number of rotatable bonds is 8. The SMILES string of the molecule is C=C1C(NC2CC2)=C(C(C)=N)C(c2ccc(Cl)cc2)N1C(/C=C(/C)C=O)=C/N(C)C. The van der Waals surface area contributed by atoms with Gasteiger partial charge < -0.3 is 20.5 Å². The molecule has 0 bridgehead atoms. The van der Waals surface area contributed by atoms with E-state index in [9.17, 15) is 4.79 Å². The highest BCUT2D eigenvalue weighted by atomic mass is 35.5. The molecule has 5 nitrogen and oxygen atoms in total. The van der Waals surface area contributed by atoms with Gasteiger partial charge in [0.05, 0.1) is 23.1 Å². The highest BCUT2D eigenvalue weighted by molar-refractivity contribution is 6.30. The highest BCUT2D eigenvalue weighted by Gasteiger charge is 2.40. The van der Waals surface area contributed by atoms with Gasteiger partial charge in [0.1, 0.15) is 6.29 Å². The summed E-state index contributed by atoms with van der Waals surface area (Å²) in [4.78, 5) is 15.4. The molecule has 0 radical (unpaired) electrons. The Morgan fingerprint density at radius 2 is 1.90 bits per heavy atom. The summed E-state index contributed by atoms with van der Waals surface area (Å²) in [5, 5.41) is 12.8. The monoisotopic (exact) mass is 424 g/mol. The van der Waals surface area contributed by atoms with E-state index in [1.165, 1.54) is 0 Å². The normalized spacial score (nSPS) is 20.0. The molecule has 1 aromatic carbocycles. The van der Waals surface area contributed by atoms with E-state index < -0.39 is 0 Å². The summed E-state index contributed by atoms with van der Waals surface area (Å²) in [5.74, 6) is 0. The van der Waals surface area contributed by atoms with Gasteiger partial charge in [0.15, 0.2) is 0 Å². The summed E-state index contributed by atoms with van der Waals surface area (Å²) in [5.41, 5.74) is 5.55. The van der Waals surface area contributed by atoms with Gasteiger partial charge in [0.25, 0.3) is 0 Å². The van der Waals surface area contributed by atoms with Crippen LogP contribution in [0.5, 0.6) is 0 Å². The van der Waals surface area contributed by atoms with Crippen molar-refractivity contribution in [2.75, 3.05) is 14.1 Å². The molecule has 2 aliphatic rings. The lowest BCUT2D eigenvalue weighted by molar-refractivity contribution is -0.104. The van der Waals surface area contributed by atoms with Gasteiger partial charge in [-0.25, -0.2) is 0 Å². The Labute approximate surface area is 183 Å². The van der Waals surface area contributed by atoms with Crippen LogP contribution in [0.15, 0.2) is 71.4 Å². The van der Waals surface area contributed by atoms with Crippen LogP contribution in [0.3, 0.4) is 0 Å². The van der Waals surface area contributed by atoms with Gasteiger partial charge in [0.2, 0.25) is 0 Å². The predicted molar refractivity (Wildman–Crippen MR) is 123 cm³/mol. The number of hydrogen-bond acceptors (Lipinski definition) is 5. The minimum atomic E-state index is -0.240. The molecule has 0 saturated heterocycles. The number of halogens is 1. The van der Waals surface area contributed by atoms with Crippen molar-refractivity contribution in [3.05, 3.63) is 81.9 Å². The highest BCUT2D eigenvalue weighted by Crippen LogP contribution is 2.46. The standard InChI is InChI=1S/C24H29ClN4O/c1-15(14-30)12-21(13-28(4)5)29-17(3)23(27-20-10-11-20)22(16(2)26)24(29)18-6-8-19(25)9-7-18/h6-9,12-14,20,24,26-27H,3,10-11H2,1-2,4-5H3/b15-12-,21-13+,26-16?. The van der Waals surface area contributed by atoms with Crippen LogP contribution < -0.4 is 5.32 Å². The second-order valence-electron chi connectivity index (χ2n) is 8.13. The first-order valence-corrected chi connectivity index (χ1v) is 10.4. The third-order valence-corrected chi connectivity index (χ3v) is 5.38. The van der Waals surface area contributed by atoms with Gasteiger partial charge >= 0.3 is 0 Å². The number of nitrogens with one attached hydrogen (secondary N) is 2. The maximum atomic E-state index is 11.4. The Morgan fingerprint density at radius 1 is 1.27 bits per heavy atom. The summed E-state index contributed by atoms with van der Waals surface area (Å²) in [7, 11) is 3.89. The third kappa shape index (κ3) is 4.68. The van der Waals surface area contributed by atoms with E-state index in [0.29, 0.717) is 22.3 Å². The molecule has 1 aliphatic carbocycles. The number of carbonyl (C=O) groups is 1. The Kier molecular flexibility index (Phi) is 6.52.